The molecule has 1 fully saturated rings. The minimum Gasteiger partial charge on any atom is -0.443 e. The van der Waals surface area contributed by atoms with Crippen molar-refractivity contribution in [2.75, 3.05) is 39.8 Å². The number of aliphatic imine (C=N–C) groups is 1. The Morgan fingerprint density at radius 1 is 1.17 bits per heavy atom. The SMILES string of the molecule is CN=C(NCc1ncc(C(C)(C)C)o1)N1CCN(C/C=C/c2ccccc2)CC1.I. The predicted molar refractivity (Wildman–Crippen MR) is 134 cm³/mol. The molecular weight excluding hydrogens is 489 g/mol. The van der Waals surface area contributed by atoms with Crippen LogP contribution in [0.25, 0.3) is 6.08 Å². The van der Waals surface area contributed by atoms with Crippen LogP contribution in [-0.2, 0) is 12.0 Å². The van der Waals surface area contributed by atoms with E-state index in [9.17, 15) is 0 Å². The highest BCUT2D eigenvalue weighted by molar-refractivity contribution is 14.0. The first kappa shape index (κ1) is 24.4. The normalized spacial score (nSPS) is 16.0. The highest BCUT2D eigenvalue weighted by atomic mass is 127. The van der Waals surface area contributed by atoms with Gasteiger partial charge in [0.25, 0.3) is 0 Å². The fourth-order valence-electron chi connectivity index (χ4n) is 3.27. The molecule has 1 N–H and O–H groups in total. The number of nitrogens with one attached hydrogen (secondary N) is 1. The zero-order valence-electron chi connectivity index (χ0n) is 18.5. The Hall–Kier alpha value is -1.87. The van der Waals surface area contributed by atoms with Crippen LogP contribution < -0.4 is 5.32 Å². The molecule has 1 aliphatic heterocycles. The average molecular weight is 523 g/mol. The van der Waals surface area contributed by atoms with Crippen LogP contribution in [0.2, 0.25) is 0 Å². The summed E-state index contributed by atoms with van der Waals surface area (Å²) >= 11 is 0. The lowest BCUT2D eigenvalue weighted by atomic mass is 9.94. The molecular formula is C23H34IN5O. The molecule has 6 nitrogen and oxygen atoms in total. The van der Waals surface area contributed by atoms with Gasteiger partial charge in [0.1, 0.15) is 5.76 Å². The standard InChI is InChI=1S/C23H33N5O.HI/c1-23(2,3)20-17-25-21(29-20)18-26-22(24-4)28-15-13-27(14-16-28)12-8-11-19-9-6-5-7-10-19;/h5-11,17H,12-16,18H2,1-4H3,(H,24,26);1H/b11-8+;. The average Bonchev–Trinajstić information content (AvgIpc) is 3.20. The fourth-order valence-corrected chi connectivity index (χ4v) is 3.27. The van der Waals surface area contributed by atoms with Crippen molar-refractivity contribution in [3.8, 4) is 0 Å². The molecule has 1 aromatic heterocycles. The molecule has 2 heterocycles. The molecule has 0 bridgehead atoms. The Morgan fingerprint density at radius 3 is 2.47 bits per heavy atom. The summed E-state index contributed by atoms with van der Waals surface area (Å²) in [7, 11) is 1.83. The summed E-state index contributed by atoms with van der Waals surface area (Å²) in [5.74, 6) is 2.50. The van der Waals surface area contributed by atoms with Crippen LogP contribution in [-0.4, -0.2) is 60.5 Å². The summed E-state index contributed by atoms with van der Waals surface area (Å²) in [6.45, 7) is 11.8. The van der Waals surface area contributed by atoms with Gasteiger partial charge in [0, 0.05) is 45.2 Å². The van der Waals surface area contributed by atoms with Crippen LogP contribution in [0.3, 0.4) is 0 Å². The van der Waals surface area contributed by atoms with E-state index in [-0.39, 0.29) is 29.4 Å². The second-order valence-corrected chi connectivity index (χ2v) is 8.37. The topological polar surface area (TPSA) is 56.9 Å². The maximum atomic E-state index is 5.87. The minimum absolute atomic E-state index is 0. The molecule has 1 aromatic carbocycles. The Kier molecular flexibility index (Phi) is 9.36. The molecule has 1 aliphatic rings. The number of hydrogen-bond donors (Lipinski definition) is 1. The van der Waals surface area contributed by atoms with Crippen molar-refractivity contribution in [3.05, 3.63) is 59.8 Å². The molecule has 7 heteroatoms. The molecule has 30 heavy (non-hydrogen) atoms. The van der Waals surface area contributed by atoms with Gasteiger partial charge in [0.05, 0.1) is 12.7 Å². The number of oxazole rings is 1. The highest BCUT2D eigenvalue weighted by Crippen LogP contribution is 2.22. The molecule has 2 aromatic rings. The van der Waals surface area contributed by atoms with Crippen LogP contribution in [0.5, 0.6) is 0 Å². The maximum Gasteiger partial charge on any atom is 0.213 e. The zero-order valence-corrected chi connectivity index (χ0v) is 20.8. The minimum atomic E-state index is -0.0296. The van der Waals surface area contributed by atoms with E-state index in [0.717, 1.165) is 44.4 Å². The van der Waals surface area contributed by atoms with E-state index in [4.69, 9.17) is 4.42 Å². The van der Waals surface area contributed by atoms with Crippen molar-refractivity contribution in [1.82, 2.24) is 20.1 Å². The molecule has 0 radical (unpaired) electrons. The lowest BCUT2D eigenvalue weighted by Gasteiger charge is -2.35. The Balaban J connectivity index is 0.00000320. The summed E-state index contributed by atoms with van der Waals surface area (Å²) in [6.07, 6.45) is 6.25. The number of hydrogen-bond acceptors (Lipinski definition) is 4. The van der Waals surface area contributed by atoms with Crippen molar-refractivity contribution >= 4 is 36.0 Å². The van der Waals surface area contributed by atoms with Gasteiger partial charge in [0.2, 0.25) is 5.89 Å². The first-order chi connectivity index (χ1) is 14.0. The molecule has 3 rings (SSSR count). The predicted octanol–water partition coefficient (Wildman–Crippen LogP) is 4.00. The number of piperazine rings is 1. The van der Waals surface area contributed by atoms with Gasteiger partial charge in [-0.15, -0.1) is 24.0 Å². The summed E-state index contributed by atoms with van der Waals surface area (Å²) < 4.78 is 5.87. The van der Waals surface area contributed by atoms with Gasteiger partial charge in [-0.05, 0) is 5.56 Å². The molecule has 0 spiro atoms. The van der Waals surface area contributed by atoms with Crippen LogP contribution in [0, 0.1) is 0 Å². The monoisotopic (exact) mass is 523 g/mol. The van der Waals surface area contributed by atoms with Crippen molar-refractivity contribution in [2.45, 2.75) is 32.7 Å². The largest absolute Gasteiger partial charge is 0.443 e. The Bertz CT molecular complexity index is 818. The van der Waals surface area contributed by atoms with Gasteiger partial charge in [0.15, 0.2) is 5.96 Å². The lowest BCUT2D eigenvalue weighted by Crippen LogP contribution is -2.52. The van der Waals surface area contributed by atoms with Gasteiger partial charge in [-0.25, -0.2) is 4.98 Å². The van der Waals surface area contributed by atoms with Gasteiger partial charge >= 0.3 is 0 Å². The Morgan fingerprint density at radius 2 is 1.87 bits per heavy atom. The third-order valence-electron chi connectivity index (χ3n) is 5.05. The van der Waals surface area contributed by atoms with E-state index in [1.807, 2.05) is 19.3 Å². The number of halogens is 1. The molecule has 0 atom stereocenters. The number of guanidine groups is 1. The number of nitrogens with zero attached hydrogens (tertiary/aromatic N) is 4. The van der Waals surface area contributed by atoms with Crippen LogP contribution in [0.4, 0.5) is 0 Å². The van der Waals surface area contributed by atoms with Crippen molar-refractivity contribution in [2.24, 2.45) is 4.99 Å². The highest BCUT2D eigenvalue weighted by Gasteiger charge is 2.21. The summed E-state index contributed by atoms with van der Waals surface area (Å²) in [5.41, 5.74) is 1.22. The summed E-state index contributed by atoms with van der Waals surface area (Å²) in [5, 5.41) is 3.39. The first-order valence-corrected chi connectivity index (χ1v) is 10.3. The van der Waals surface area contributed by atoms with E-state index >= 15 is 0 Å². The van der Waals surface area contributed by atoms with E-state index < -0.39 is 0 Å². The fraction of sp³-hybridized carbons (Fsp3) is 0.478. The third kappa shape index (κ3) is 7.12. The quantitative estimate of drug-likeness (QED) is 0.365. The van der Waals surface area contributed by atoms with E-state index in [1.165, 1.54) is 5.56 Å². The van der Waals surface area contributed by atoms with E-state index in [2.05, 4.69) is 82.3 Å². The van der Waals surface area contributed by atoms with Crippen LogP contribution in [0.15, 0.2) is 52.0 Å². The second kappa shape index (κ2) is 11.5. The van der Waals surface area contributed by atoms with Crippen LogP contribution >= 0.6 is 24.0 Å². The second-order valence-electron chi connectivity index (χ2n) is 8.37. The number of rotatable bonds is 5. The van der Waals surface area contributed by atoms with Crippen molar-refractivity contribution in [1.29, 1.82) is 0 Å². The van der Waals surface area contributed by atoms with Crippen molar-refractivity contribution in [3.63, 3.8) is 0 Å². The molecule has 0 unspecified atom stereocenters. The van der Waals surface area contributed by atoms with Gasteiger partial charge in [-0.2, -0.15) is 0 Å². The molecule has 0 saturated carbocycles. The molecule has 0 aliphatic carbocycles. The summed E-state index contributed by atoms with van der Waals surface area (Å²) in [4.78, 5) is 13.6. The summed E-state index contributed by atoms with van der Waals surface area (Å²) in [6, 6.07) is 10.4. The van der Waals surface area contributed by atoms with Gasteiger partial charge in [-0.3, -0.25) is 9.89 Å². The third-order valence-corrected chi connectivity index (χ3v) is 5.05. The van der Waals surface area contributed by atoms with Gasteiger partial charge < -0.3 is 14.6 Å². The lowest BCUT2D eigenvalue weighted by molar-refractivity contribution is 0.194. The van der Waals surface area contributed by atoms with Gasteiger partial charge in [-0.1, -0.05) is 63.3 Å². The first-order valence-electron chi connectivity index (χ1n) is 10.3. The van der Waals surface area contributed by atoms with E-state index in [0.29, 0.717) is 12.4 Å². The number of aromatic nitrogens is 1. The molecule has 0 amide bonds. The van der Waals surface area contributed by atoms with E-state index in [1.54, 1.807) is 0 Å². The smallest absolute Gasteiger partial charge is 0.213 e. The number of benzene rings is 1. The molecule has 1 saturated heterocycles. The molecule has 164 valence electrons. The zero-order chi connectivity index (χ0) is 20.7. The van der Waals surface area contributed by atoms with Crippen molar-refractivity contribution < 1.29 is 4.42 Å². The maximum absolute atomic E-state index is 5.87. The van der Waals surface area contributed by atoms with Crippen LogP contribution in [0.1, 0.15) is 38.0 Å². The Labute approximate surface area is 197 Å².